The first-order valence-electron chi connectivity index (χ1n) is 5.30. The second-order valence-corrected chi connectivity index (χ2v) is 4.42. The summed E-state index contributed by atoms with van der Waals surface area (Å²) < 4.78 is 5.09. The molecule has 0 aliphatic rings. The van der Waals surface area contributed by atoms with Gasteiger partial charge in [0.05, 0.1) is 6.61 Å². The molecule has 0 unspecified atom stereocenters. The van der Waals surface area contributed by atoms with E-state index in [1.54, 1.807) is 18.9 Å². The van der Waals surface area contributed by atoms with E-state index >= 15 is 0 Å². The highest BCUT2D eigenvalue weighted by Gasteiger charge is 2.09. The van der Waals surface area contributed by atoms with Crippen LogP contribution in [0.25, 0.3) is 0 Å². The van der Waals surface area contributed by atoms with Crippen molar-refractivity contribution in [3.63, 3.8) is 0 Å². The van der Waals surface area contributed by atoms with E-state index in [4.69, 9.17) is 10.5 Å². The van der Waals surface area contributed by atoms with E-state index in [0.717, 1.165) is 13.2 Å². The van der Waals surface area contributed by atoms with Crippen LogP contribution >= 0.6 is 11.8 Å². The van der Waals surface area contributed by atoms with E-state index in [1.165, 1.54) is 16.1 Å². The molecule has 0 bridgehead atoms. The van der Waals surface area contributed by atoms with Crippen LogP contribution in [-0.2, 0) is 11.3 Å². The number of ether oxygens (including phenoxy) is 1. The zero-order chi connectivity index (χ0) is 12.0. The molecule has 16 heavy (non-hydrogen) atoms. The number of anilines is 1. The largest absolute Gasteiger partial charge is 0.383 e. The second kappa shape index (κ2) is 6.78. The minimum absolute atomic E-state index is 0.573. The molecular formula is C12H20N2OS. The smallest absolute Gasteiger partial charge is 0.0637 e. The van der Waals surface area contributed by atoms with Gasteiger partial charge in [-0.25, -0.2) is 0 Å². The van der Waals surface area contributed by atoms with Gasteiger partial charge in [-0.1, -0.05) is 6.07 Å². The van der Waals surface area contributed by atoms with Crippen molar-refractivity contribution in [1.29, 1.82) is 0 Å². The molecule has 0 saturated carbocycles. The van der Waals surface area contributed by atoms with Gasteiger partial charge in [0.1, 0.15) is 0 Å². The average Bonchev–Trinajstić information content (AvgIpc) is 2.34. The van der Waals surface area contributed by atoms with Gasteiger partial charge in [0, 0.05) is 43.4 Å². The Balaban J connectivity index is 2.93. The Hall–Kier alpha value is -0.710. The van der Waals surface area contributed by atoms with Crippen LogP contribution in [-0.4, -0.2) is 33.6 Å². The molecule has 4 heteroatoms. The molecule has 1 rings (SSSR count). The molecule has 0 aliphatic heterocycles. The Morgan fingerprint density at radius 1 is 1.44 bits per heavy atom. The molecule has 90 valence electrons. The van der Waals surface area contributed by atoms with Crippen LogP contribution in [0.3, 0.4) is 0 Å². The number of likely N-dealkylation sites (N-methyl/N-ethyl adjacent to an activating group) is 1. The van der Waals surface area contributed by atoms with Crippen molar-refractivity contribution in [3.8, 4) is 0 Å². The highest BCUT2D eigenvalue weighted by Crippen LogP contribution is 2.28. The molecule has 0 saturated heterocycles. The standard InChI is InChI=1S/C12H20N2OS/c1-14(7-8-15-2)11-5-4-6-12(16-3)10(11)9-13/h4-6H,7-9,13H2,1-3H3. The molecule has 1 aromatic rings. The first-order valence-corrected chi connectivity index (χ1v) is 6.53. The fourth-order valence-electron chi connectivity index (χ4n) is 1.66. The lowest BCUT2D eigenvalue weighted by atomic mass is 10.1. The van der Waals surface area contributed by atoms with Gasteiger partial charge in [-0.3, -0.25) is 0 Å². The van der Waals surface area contributed by atoms with Gasteiger partial charge in [-0.2, -0.15) is 0 Å². The monoisotopic (exact) mass is 240 g/mol. The first-order chi connectivity index (χ1) is 7.74. The minimum Gasteiger partial charge on any atom is -0.383 e. The van der Waals surface area contributed by atoms with Crippen LogP contribution in [0.4, 0.5) is 5.69 Å². The lowest BCUT2D eigenvalue weighted by Crippen LogP contribution is -2.24. The predicted molar refractivity (Wildman–Crippen MR) is 71.3 cm³/mol. The fourth-order valence-corrected chi connectivity index (χ4v) is 2.31. The van der Waals surface area contributed by atoms with Crippen molar-refractivity contribution in [3.05, 3.63) is 23.8 Å². The molecule has 3 nitrogen and oxygen atoms in total. The van der Waals surface area contributed by atoms with Crippen LogP contribution in [0.5, 0.6) is 0 Å². The zero-order valence-corrected chi connectivity index (χ0v) is 11.0. The Bertz CT molecular complexity index is 331. The van der Waals surface area contributed by atoms with Crippen LogP contribution in [0.1, 0.15) is 5.56 Å². The molecule has 0 spiro atoms. The molecule has 0 radical (unpaired) electrons. The Labute approximate surface area is 102 Å². The van der Waals surface area contributed by atoms with Crippen molar-refractivity contribution < 1.29 is 4.74 Å². The average molecular weight is 240 g/mol. The summed E-state index contributed by atoms with van der Waals surface area (Å²) in [5.74, 6) is 0. The van der Waals surface area contributed by atoms with Crippen LogP contribution in [0.15, 0.2) is 23.1 Å². The summed E-state index contributed by atoms with van der Waals surface area (Å²) in [4.78, 5) is 3.44. The van der Waals surface area contributed by atoms with Gasteiger partial charge in [0.15, 0.2) is 0 Å². The fraction of sp³-hybridized carbons (Fsp3) is 0.500. The van der Waals surface area contributed by atoms with Crippen LogP contribution in [0, 0.1) is 0 Å². The van der Waals surface area contributed by atoms with Crippen LogP contribution < -0.4 is 10.6 Å². The van der Waals surface area contributed by atoms with E-state index in [2.05, 4.69) is 36.4 Å². The molecule has 0 fully saturated rings. The first kappa shape index (κ1) is 13.4. The van der Waals surface area contributed by atoms with Crippen molar-refractivity contribution in [2.45, 2.75) is 11.4 Å². The maximum Gasteiger partial charge on any atom is 0.0637 e. The van der Waals surface area contributed by atoms with Crippen molar-refractivity contribution in [2.24, 2.45) is 5.73 Å². The highest BCUT2D eigenvalue weighted by molar-refractivity contribution is 7.98. The molecule has 2 N–H and O–H groups in total. The number of nitrogens with zero attached hydrogens (tertiary/aromatic N) is 1. The maximum absolute atomic E-state index is 5.82. The minimum atomic E-state index is 0.573. The maximum atomic E-state index is 5.82. The lowest BCUT2D eigenvalue weighted by molar-refractivity contribution is 0.206. The van der Waals surface area contributed by atoms with E-state index in [1.807, 2.05) is 0 Å². The van der Waals surface area contributed by atoms with E-state index in [9.17, 15) is 0 Å². The van der Waals surface area contributed by atoms with E-state index < -0.39 is 0 Å². The van der Waals surface area contributed by atoms with Crippen molar-refractivity contribution >= 4 is 17.4 Å². The summed E-state index contributed by atoms with van der Waals surface area (Å²) in [7, 11) is 3.79. The predicted octanol–water partition coefficient (Wildman–Crippen LogP) is 1.95. The highest BCUT2D eigenvalue weighted by atomic mass is 32.2. The molecular weight excluding hydrogens is 220 g/mol. The molecule has 0 aromatic heterocycles. The van der Waals surface area contributed by atoms with Gasteiger partial charge in [-0.05, 0) is 18.4 Å². The topological polar surface area (TPSA) is 38.5 Å². The SMILES string of the molecule is COCCN(C)c1cccc(SC)c1CN. The van der Waals surface area contributed by atoms with E-state index in [-0.39, 0.29) is 0 Å². The van der Waals surface area contributed by atoms with Gasteiger partial charge in [-0.15, -0.1) is 11.8 Å². The Morgan fingerprint density at radius 3 is 2.75 bits per heavy atom. The second-order valence-electron chi connectivity index (χ2n) is 3.58. The third-order valence-electron chi connectivity index (χ3n) is 2.57. The summed E-state index contributed by atoms with van der Waals surface area (Å²) >= 11 is 1.74. The van der Waals surface area contributed by atoms with Crippen LogP contribution in [0.2, 0.25) is 0 Å². The van der Waals surface area contributed by atoms with Gasteiger partial charge < -0.3 is 15.4 Å². The normalized spacial score (nSPS) is 10.5. The van der Waals surface area contributed by atoms with Crippen molar-refractivity contribution in [1.82, 2.24) is 0 Å². The number of benzene rings is 1. The Morgan fingerprint density at radius 2 is 2.19 bits per heavy atom. The summed E-state index contributed by atoms with van der Waals surface area (Å²) in [6, 6.07) is 6.29. The molecule has 0 heterocycles. The number of rotatable bonds is 6. The van der Waals surface area contributed by atoms with Gasteiger partial charge >= 0.3 is 0 Å². The molecule has 0 atom stereocenters. The quantitative estimate of drug-likeness (QED) is 0.771. The van der Waals surface area contributed by atoms with Crippen molar-refractivity contribution in [2.75, 3.05) is 38.5 Å². The summed E-state index contributed by atoms with van der Waals surface area (Å²) in [6.45, 7) is 2.18. The molecule has 0 aliphatic carbocycles. The lowest BCUT2D eigenvalue weighted by Gasteiger charge is -2.23. The third kappa shape index (κ3) is 3.14. The number of hydrogen-bond acceptors (Lipinski definition) is 4. The summed E-state index contributed by atoms with van der Waals surface area (Å²) in [5.41, 5.74) is 8.24. The van der Waals surface area contributed by atoms with E-state index in [0.29, 0.717) is 6.54 Å². The number of hydrogen-bond donors (Lipinski definition) is 1. The number of nitrogens with two attached hydrogens (primary N) is 1. The number of methoxy groups -OCH3 is 1. The summed E-state index contributed by atoms with van der Waals surface area (Å²) in [6.07, 6.45) is 2.08. The third-order valence-corrected chi connectivity index (χ3v) is 3.40. The van der Waals surface area contributed by atoms with Gasteiger partial charge in [0.2, 0.25) is 0 Å². The number of thioether (sulfide) groups is 1. The zero-order valence-electron chi connectivity index (χ0n) is 10.2. The summed E-state index contributed by atoms with van der Waals surface area (Å²) in [5, 5.41) is 0. The molecule has 0 amide bonds. The Kier molecular flexibility index (Phi) is 5.66. The molecule has 1 aromatic carbocycles. The van der Waals surface area contributed by atoms with Gasteiger partial charge in [0.25, 0.3) is 0 Å².